The van der Waals surface area contributed by atoms with E-state index in [0.717, 1.165) is 11.3 Å². The average Bonchev–Trinajstić information content (AvgIpc) is 2.73. The molecular formula is C20H24ClN3O4S. The van der Waals surface area contributed by atoms with Crippen LogP contribution in [-0.4, -0.2) is 63.9 Å². The van der Waals surface area contributed by atoms with E-state index in [-0.39, 0.29) is 21.4 Å². The van der Waals surface area contributed by atoms with Crippen molar-refractivity contribution in [3.8, 4) is 5.75 Å². The lowest BCUT2D eigenvalue weighted by molar-refractivity contribution is 0.0950. The van der Waals surface area contributed by atoms with Crippen molar-refractivity contribution in [2.75, 3.05) is 40.3 Å². The van der Waals surface area contributed by atoms with Gasteiger partial charge in [-0.25, -0.2) is 8.42 Å². The van der Waals surface area contributed by atoms with E-state index in [1.807, 2.05) is 31.3 Å². The molecule has 0 atom stereocenters. The first-order valence-corrected chi connectivity index (χ1v) is 11.0. The van der Waals surface area contributed by atoms with Crippen molar-refractivity contribution in [2.24, 2.45) is 0 Å². The lowest BCUT2D eigenvalue weighted by atomic mass is 10.2. The SMILES string of the molecule is COc1ccc(CNC(=O)c2ccc(Cl)c(S(=O)(=O)N3CCN(C)CC3)c2)cc1. The summed E-state index contributed by atoms with van der Waals surface area (Å²) in [7, 11) is -0.229. The molecule has 9 heteroatoms. The van der Waals surface area contributed by atoms with Crippen LogP contribution in [0.3, 0.4) is 0 Å². The number of likely N-dealkylation sites (N-methyl/N-ethyl adjacent to an activating group) is 1. The summed E-state index contributed by atoms with van der Waals surface area (Å²) >= 11 is 6.18. The van der Waals surface area contributed by atoms with Crippen LogP contribution in [0, 0.1) is 0 Å². The molecule has 1 fully saturated rings. The normalized spacial score (nSPS) is 15.8. The second kappa shape index (κ2) is 9.13. The van der Waals surface area contributed by atoms with E-state index in [4.69, 9.17) is 16.3 Å². The molecule has 1 N–H and O–H groups in total. The van der Waals surface area contributed by atoms with Crippen LogP contribution >= 0.6 is 11.6 Å². The van der Waals surface area contributed by atoms with Gasteiger partial charge in [-0.1, -0.05) is 23.7 Å². The number of carbonyl (C=O) groups is 1. The minimum Gasteiger partial charge on any atom is -0.497 e. The maximum Gasteiger partial charge on any atom is 0.251 e. The summed E-state index contributed by atoms with van der Waals surface area (Å²) in [6, 6.07) is 11.6. The first-order valence-electron chi connectivity index (χ1n) is 9.20. The Morgan fingerprint density at radius 1 is 1.10 bits per heavy atom. The second-order valence-corrected chi connectivity index (χ2v) is 9.20. The largest absolute Gasteiger partial charge is 0.497 e. The molecule has 1 aliphatic heterocycles. The van der Waals surface area contributed by atoms with E-state index in [0.29, 0.717) is 32.7 Å². The Labute approximate surface area is 176 Å². The summed E-state index contributed by atoms with van der Waals surface area (Å²) in [5.41, 5.74) is 1.15. The Hall–Kier alpha value is -2.13. The third kappa shape index (κ3) is 5.08. The molecule has 29 heavy (non-hydrogen) atoms. The third-order valence-electron chi connectivity index (χ3n) is 4.89. The third-order valence-corrected chi connectivity index (χ3v) is 7.27. The van der Waals surface area contributed by atoms with Gasteiger partial charge in [0.1, 0.15) is 10.6 Å². The van der Waals surface area contributed by atoms with E-state index in [1.165, 1.54) is 22.5 Å². The molecule has 0 saturated carbocycles. The predicted octanol–water partition coefficient (Wildman–Crippen LogP) is 2.21. The minimum atomic E-state index is -3.77. The van der Waals surface area contributed by atoms with E-state index in [1.54, 1.807) is 7.11 Å². The fourth-order valence-electron chi connectivity index (χ4n) is 3.04. The summed E-state index contributed by atoms with van der Waals surface area (Å²) in [5.74, 6) is 0.365. The van der Waals surface area contributed by atoms with Crippen molar-refractivity contribution in [3.63, 3.8) is 0 Å². The smallest absolute Gasteiger partial charge is 0.251 e. The van der Waals surface area contributed by atoms with Crippen molar-refractivity contribution in [1.29, 1.82) is 0 Å². The highest BCUT2D eigenvalue weighted by Crippen LogP contribution is 2.26. The molecule has 1 saturated heterocycles. The van der Waals surface area contributed by atoms with Gasteiger partial charge in [-0.2, -0.15) is 4.31 Å². The van der Waals surface area contributed by atoms with Gasteiger partial charge in [-0.15, -0.1) is 0 Å². The highest BCUT2D eigenvalue weighted by molar-refractivity contribution is 7.89. The van der Waals surface area contributed by atoms with Crippen LogP contribution in [0.1, 0.15) is 15.9 Å². The van der Waals surface area contributed by atoms with Crippen LogP contribution in [0.15, 0.2) is 47.4 Å². The van der Waals surface area contributed by atoms with Crippen LogP contribution in [0.5, 0.6) is 5.75 Å². The number of hydrogen-bond acceptors (Lipinski definition) is 5. The van der Waals surface area contributed by atoms with Gasteiger partial charge >= 0.3 is 0 Å². The maximum atomic E-state index is 13.0. The lowest BCUT2D eigenvalue weighted by Crippen LogP contribution is -2.47. The Morgan fingerprint density at radius 3 is 2.38 bits per heavy atom. The molecular weight excluding hydrogens is 414 g/mol. The van der Waals surface area contributed by atoms with Crippen molar-refractivity contribution < 1.29 is 17.9 Å². The quantitative estimate of drug-likeness (QED) is 0.749. The molecule has 2 aromatic carbocycles. The molecule has 0 unspecified atom stereocenters. The number of rotatable bonds is 6. The van der Waals surface area contributed by atoms with Crippen LogP contribution in [-0.2, 0) is 16.6 Å². The zero-order valence-electron chi connectivity index (χ0n) is 16.4. The monoisotopic (exact) mass is 437 g/mol. The lowest BCUT2D eigenvalue weighted by Gasteiger charge is -2.31. The van der Waals surface area contributed by atoms with Gasteiger partial charge < -0.3 is 15.0 Å². The molecule has 7 nitrogen and oxygen atoms in total. The first kappa shape index (κ1) is 21.6. The Balaban J connectivity index is 1.74. The molecule has 0 aromatic heterocycles. The Kier molecular flexibility index (Phi) is 6.79. The number of amides is 1. The predicted molar refractivity (Wildman–Crippen MR) is 112 cm³/mol. The minimum absolute atomic E-state index is 0.0409. The maximum absolute atomic E-state index is 13.0. The number of nitrogens with zero attached hydrogens (tertiary/aromatic N) is 2. The van der Waals surface area contributed by atoms with Crippen LogP contribution < -0.4 is 10.1 Å². The number of carbonyl (C=O) groups excluding carboxylic acids is 1. The highest BCUT2D eigenvalue weighted by Gasteiger charge is 2.30. The number of nitrogens with one attached hydrogen (secondary N) is 1. The van der Waals surface area contributed by atoms with Crippen LogP contribution in [0.4, 0.5) is 0 Å². The van der Waals surface area contributed by atoms with Crippen molar-refractivity contribution in [1.82, 2.24) is 14.5 Å². The summed E-state index contributed by atoms with van der Waals surface area (Å²) in [6.07, 6.45) is 0. The molecule has 2 aromatic rings. The Morgan fingerprint density at radius 2 is 1.76 bits per heavy atom. The molecule has 0 radical (unpaired) electrons. The number of ether oxygens (including phenoxy) is 1. The van der Waals surface area contributed by atoms with Crippen molar-refractivity contribution in [3.05, 3.63) is 58.6 Å². The molecule has 3 rings (SSSR count). The average molecular weight is 438 g/mol. The summed E-state index contributed by atoms with van der Waals surface area (Å²) in [6.45, 7) is 2.40. The number of halogens is 1. The van der Waals surface area contributed by atoms with Gasteiger partial charge in [0, 0.05) is 38.3 Å². The topological polar surface area (TPSA) is 78.9 Å². The molecule has 1 heterocycles. The number of sulfonamides is 1. The van der Waals surface area contributed by atoms with E-state index < -0.39 is 10.0 Å². The number of hydrogen-bond donors (Lipinski definition) is 1. The van der Waals surface area contributed by atoms with E-state index in [2.05, 4.69) is 10.2 Å². The fraction of sp³-hybridized carbons (Fsp3) is 0.350. The molecule has 0 spiro atoms. The Bertz CT molecular complexity index is 972. The van der Waals surface area contributed by atoms with E-state index >= 15 is 0 Å². The van der Waals surface area contributed by atoms with Crippen LogP contribution in [0.2, 0.25) is 5.02 Å². The van der Waals surface area contributed by atoms with Crippen LogP contribution in [0.25, 0.3) is 0 Å². The number of piperazine rings is 1. The zero-order valence-corrected chi connectivity index (χ0v) is 18.0. The molecule has 1 aliphatic rings. The number of benzene rings is 2. The van der Waals surface area contributed by atoms with Crippen molar-refractivity contribution in [2.45, 2.75) is 11.4 Å². The van der Waals surface area contributed by atoms with E-state index in [9.17, 15) is 13.2 Å². The summed E-state index contributed by atoms with van der Waals surface area (Å²) < 4.78 is 32.5. The summed E-state index contributed by atoms with van der Waals surface area (Å²) in [5, 5.41) is 2.91. The van der Waals surface area contributed by atoms with Gasteiger partial charge in [0.05, 0.1) is 12.1 Å². The molecule has 156 valence electrons. The number of methoxy groups -OCH3 is 1. The highest BCUT2D eigenvalue weighted by atomic mass is 35.5. The molecule has 0 aliphatic carbocycles. The second-order valence-electron chi connectivity index (χ2n) is 6.88. The van der Waals surface area contributed by atoms with Gasteiger partial charge in [0.15, 0.2) is 0 Å². The van der Waals surface area contributed by atoms with Gasteiger partial charge in [-0.3, -0.25) is 4.79 Å². The zero-order chi connectivity index (χ0) is 21.0. The summed E-state index contributed by atoms with van der Waals surface area (Å²) in [4.78, 5) is 14.6. The first-order chi connectivity index (χ1) is 13.8. The van der Waals surface area contributed by atoms with Gasteiger partial charge in [0.25, 0.3) is 5.91 Å². The standard InChI is InChI=1S/C20H24ClN3O4S/c1-23-9-11-24(12-10-23)29(26,27)19-13-16(5-8-18(19)21)20(25)22-14-15-3-6-17(28-2)7-4-15/h3-8,13H,9-12,14H2,1-2H3,(H,22,25). The fourth-order valence-corrected chi connectivity index (χ4v) is 4.96. The van der Waals surface area contributed by atoms with Gasteiger partial charge in [-0.05, 0) is 42.9 Å². The van der Waals surface area contributed by atoms with Crippen molar-refractivity contribution >= 4 is 27.5 Å². The van der Waals surface area contributed by atoms with Gasteiger partial charge in [0.2, 0.25) is 10.0 Å². The molecule has 0 bridgehead atoms. The molecule has 1 amide bonds.